The van der Waals surface area contributed by atoms with Gasteiger partial charge in [-0.15, -0.1) is 0 Å². The second kappa shape index (κ2) is 9.38. The number of nitrogens with two attached hydrogens (primary N) is 1. The Morgan fingerprint density at radius 3 is 2.61 bits per heavy atom. The number of ether oxygens (including phenoxy) is 1. The summed E-state index contributed by atoms with van der Waals surface area (Å²) in [7, 11) is -2.93. The van der Waals surface area contributed by atoms with Crippen molar-refractivity contribution in [2.75, 3.05) is 24.3 Å². The molecular weight excluding hydrogens is 485 g/mol. The lowest BCUT2D eigenvalue weighted by molar-refractivity contribution is 0.0981. The molecule has 1 aromatic carbocycles. The molecule has 36 heavy (non-hydrogen) atoms. The summed E-state index contributed by atoms with van der Waals surface area (Å²) in [4.78, 5) is 23.5. The summed E-state index contributed by atoms with van der Waals surface area (Å²) in [6, 6.07) is 10.2. The number of hydrogen-bond acceptors (Lipinski definition) is 8. The molecule has 9 nitrogen and oxygen atoms in total. The minimum absolute atomic E-state index is 0.0248. The van der Waals surface area contributed by atoms with Crippen LogP contribution in [0.25, 0.3) is 11.3 Å². The maximum atomic E-state index is 14.4. The molecule has 0 saturated carbocycles. The molecule has 1 aliphatic heterocycles. The van der Waals surface area contributed by atoms with Crippen LogP contribution in [-0.4, -0.2) is 43.5 Å². The van der Waals surface area contributed by atoms with Crippen molar-refractivity contribution in [1.82, 2.24) is 14.7 Å². The topological polar surface area (TPSA) is 128 Å². The number of pyridine rings is 2. The van der Waals surface area contributed by atoms with Crippen molar-refractivity contribution in [2.45, 2.75) is 37.6 Å². The first-order chi connectivity index (χ1) is 17.0. The van der Waals surface area contributed by atoms with Gasteiger partial charge in [-0.25, -0.2) is 27.5 Å². The van der Waals surface area contributed by atoms with Crippen molar-refractivity contribution in [2.24, 2.45) is 5.92 Å². The maximum absolute atomic E-state index is 14.4. The van der Waals surface area contributed by atoms with Crippen LogP contribution in [0, 0.1) is 11.7 Å². The zero-order valence-electron chi connectivity index (χ0n) is 20.4. The smallest absolute Gasteiger partial charge is 0.268 e. The van der Waals surface area contributed by atoms with Crippen molar-refractivity contribution in [1.29, 1.82) is 0 Å². The summed E-state index contributed by atoms with van der Waals surface area (Å²) in [5, 5.41) is 0. The van der Waals surface area contributed by atoms with Gasteiger partial charge in [0.15, 0.2) is 11.6 Å². The number of para-hydroxylation sites is 1. The molecule has 3 heterocycles. The van der Waals surface area contributed by atoms with Gasteiger partial charge in [0, 0.05) is 23.8 Å². The van der Waals surface area contributed by atoms with Crippen LogP contribution < -0.4 is 20.1 Å². The van der Waals surface area contributed by atoms with Crippen LogP contribution in [0.3, 0.4) is 0 Å². The molecule has 0 aliphatic carbocycles. The zero-order valence-corrected chi connectivity index (χ0v) is 21.3. The average molecular weight is 514 g/mol. The summed E-state index contributed by atoms with van der Waals surface area (Å²) < 4.78 is 47.6. The van der Waals surface area contributed by atoms with Gasteiger partial charge in [0.2, 0.25) is 0 Å². The third-order valence-corrected chi connectivity index (χ3v) is 8.20. The first kappa shape index (κ1) is 25.4. The number of methoxy groups -OCH3 is 1. The molecule has 0 spiro atoms. The zero-order chi connectivity index (χ0) is 26.3. The van der Waals surface area contributed by atoms with Gasteiger partial charge >= 0.3 is 0 Å². The predicted molar refractivity (Wildman–Crippen MR) is 135 cm³/mol. The molecule has 11 heteroatoms. The lowest BCUT2D eigenvalue weighted by Crippen LogP contribution is -2.43. The van der Waals surface area contributed by atoms with Crippen molar-refractivity contribution in [3.63, 3.8) is 0 Å². The van der Waals surface area contributed by atoms with Crippen LogP contribution in [0.5, 0.6) is 5.75 Å². The van der Waals surface area contributed by atoms with Crippen molar-refractivity contribution in [3.8, 4) is 17.0 Å². The van der Waals surface area contributed by atoms with Crippen LogP contribution in [-0.2, 0) is 10.0 Å². The summed E-state index contributed by atoms with van der Waals surface area (Å²) >= 11 is 0. The van der Waals surface area contributed by atoms with E-state index in [1.54, 1.807) is 12.1 Å². The van der Waals surface area contributed by atoms with E-state index in [9.17, 15) is 17.6 Å². The fraction of sp³-hybridized carbons (Fsp3) is 0.320. The first-order valence-corrected chi connectivity index (χ1v) is 12.8. The molecule has 1 saturated heterocycles. The third-order valence-electron chi connectivity index (χ3n) is 6.83. The molecule has 0 bridgehead atoms. The van der Waals surface area contributed by atoms with E-state index in [4.69, 9.17) is 15.5 Å². The van der Waals surface area contributed by atoms with E-state index in [1.807, 2.05) is 18.7 Å². The highest BCUT2D eigenvalue weighted by molar-refractivity contribution is 7.90. The molecule has 4 rings (SSSR count). The number of carbonyl (C=O) groups excluding carboxylic acids is 1. The van der Waals surface area contributed by atoms with Gasteiger partial charge in [-0.3, -0.25) is 4.79 Å². The molecule has 2 aromatic heterocycles. The van der Waals surface area contributed by atoms with E-state index >= 15 is 0 Å². The second-order valence-electron chi connectivity index (χ2n) is 9.20. The molecular formula is C25H28FN5O4S. The highest BCUT2D eigenvalue weighted by Gasteiger charge is 2.41. The molecule has 1 unspecified atom stereocenters. The monoisotopic (exact) mass is 513 g/mol. The van der Waals surface area contributed by atoms with Gasteiger partial charge in [0.1, 0.15) is 16.5 Å². The van der Waals surface area contributed by atoms with Crippen molar-refractivity contribution < 1.29 is 22.3 Å². The number of hydrogen-bond donors (Lipinski definition) is 2. The normalized spacial score (nSPS) is 17.1. The number of carbonyl (C=O) groups is 1. The molecule has 190 valence electrons. The number of nitrogens with zero attached hydrogens (tertiary/aromatic N) is 3. The molecule has 1 aliphatic rings. The van der Waals surface area contributed by atoms with Crippen LogP contribution >= 0.6 is 0 Å². The molecule has 1 amide bonds. The van der Waals surface area contributed by atoms with Crippen LogP contribution in [0.4, 0.5) is 16.0 Å². The molecule has 1 fully saturated rings. The SMILES string of the molecule is COc1c(F)cccc1-c1ccc(C(=O)NS(=O)(=O)c2cccnc2N)c(N2CCC(C)C2(C)C)n1. The van der Waals surface area contributed by atoms with Crippen molar-refractivity contribution in [3.05, 3.63) is 60.0 Å². The summed E-state index contributed by atoms with van der Waals surface area (Å²) in [6.07, 6.45) is 2.21. The largest absolute Gasteiger partial charge is 0.493 e. The Bertz CT molecular complexity index is 1430. The predicted octanol–water partition coefficient (Wildman–Crippen LogP) is 3.62. The van der Waals surface area contributed by atoms with E-state index in [2.05, 4.69) is 16.6 Å². The van der Waals surface area contributed by atoms with Crippen molar-refractivity contribution >= 4 is 27.6 Å². The maximum Gasteiger partial charge on any atom is 0.268 e. The Balaban J connectivity index is 1.82. The number of anilines is 2. The minimum Gasteiger partial charge on any atom is -0.493 e. The third kappa shape index (κ3) is 4.46. The van der Waals surface area contributed by atoms with Gasteiger partial charge < -0.3 is 15.4 Å². The Labute approximate surface area is 209 Å². The highest BCUT2D eigenvalue weighted by atomic mass is 32.2. The summed E-state index contributed by atoms with van der Waals surface area (Å²) in [6.45, 7) is 6.79. The van der Waals surface area contributed by atoms with Gasteiger partial charge in [0.05, 0.1) is 18.4 Å². The number of aromatic nitrogens is 2. The van der Waals surface area contributed by atoms with Gasteiger partial charge in [0.25, 0.3) is 15.9 Å². The van der Waals surface area contributed by atoms with E-state index in [0.717, 1.165) is 6.42 Å². The number of nitrogen functional groups attached to an aromatic ring is 1. The van der Waals surface area contributed by atoms with E-state index in [1.165, 1.54) is 43.6 Å². The van der Waals surface area contributed by atoms with E-state index in [0.29, 0.717) is 23.6 Å². The van der Waals surface area contributed by atoms with Gasteiger partial charge in [-0.2, -0.15) is 0 Å². The highest BCUT2D eigenvalue weighted by Crippen LogP contribution is 2.40. The van der Waals surface area contributed by atoms with E-state index in [-0.39, 0.29) is 33.5 Å². The Hall–Kier alpha value is -3.73. The molecule has 1 atom stereocenters. The number of amides is 1. The Morgan fingerprint density at radius 2 is 1.97 bits per heavy atom. The van der Waals surface area contributed by atoms with Gasteiger partial charge in [-0.05, 0) is 62.6 Å². The van der Waals surface area contributed by atoms with Crippen LogP contribution in [0.1, 0.15) is 37.6 Å². The van der Waals surface area contributed by atoms with Crippen LogP contribution in [0.15, 0.2) is 53.6 Å². The summed E-state index contributed by atoms with van der Waals surface area (Å²) in [5.74, 6) is -1.04. The standard InChI is InChI=1S/C25H28FN5O4S/c1-15-12-14-31(25(15,2)3)23-17(24(32)30-36(33,34)20-9-6-13-28-22(20)27)10-11-19(29-23)16-7-5-8-18(26)21(16)35-4/h5-11,13,15H,12,14H2,1-4H3,(H2,27,28)(H,30,32). The number of rotatable bonds is 6. The Morgan fingerprint density at radius 1 is 1.22 bits per heavy atom. The van der Waals surface area contributed by atoms with Gasteiger partial charge in [-0.1, -0.05) is 13.0 Å². The fourth-order valence-corrected chi connectivity index (χ4v) is 5.42. The molecule has 3 N–H and O–H groups in total. The minimum atomic E-state index is -4.30. The number of sulfonamides is 1. The van der Waals surface area contributed by atoms with E-state index < -0.39 is 21.7 Å². The molecule has 3 aromatic rings. The number of nitrogens with one attached hydrogen (secondary N) is 1. The molecule has 0 radical (unpaired) electrons. The number of benzene rings is 1. The second-order valence-corrected chi connectivity index (χ2v) is 10.9. The van der Waals surface area contributed by atoms with Crippen LogP contribution in [0.2, 0.25) is 0 Å². The average Bonchev–Trinajstić information content (AvgIpc) is 3.10. The quantitative estimate of drug-likeness (QED) is 0.512. The fourth-order valence-electron chi connectivity index (χ4n) is 4.37. The lowest BCUT2D eigenvalue weighted by Gasteiger charge is -2.36. The number of halogens is 1. The summed E-state index contributed by atoms with van der Waals surface area (Å²) in [5.41, 5.74) is 6.19. The Kier molecular flexibility index (Phi) is 6.61. The lowest BCUT2D eigenvalue weighted by atomic mass is 9.90. The first-order valence-electron chi connectivity index (χ1n) is 11.4.